The summed E-state index contributed by atoms with van der Waals surface area (Å²) in [5.74, 6) is 2.37. The van der Waals surface area contributed by atoms with Crippen LogP contribution in [0.3, 0.4) is 0 Å². The number of methoxy groups -OCH3 is 1. The van der Waals surface area contributed by atoms with E-state index in [0.29, 0.717) is 5.92 Å². The third-order valence-electron chi connectivity index (χ3n) is 5.42. The predicted molar refractivity (Wildman–Crippen MR) is 131 cm³/mol. The van der Waals surface area contributed by atoms with Crippen molar-refractivity contribution in [2.75, 3.05) is 27.2 Å². The maximum absolute atomic E-state index is 5.27. The summed E-state index contributed by atoms with van der Waals surface area (Å²) >= 11 is 0. The number of aromatic nitrogens is 2. The molecule has 30 heavy (non-hydrogen) atoms. The van der Waals surface area contributed by atoms with Gasteiger partial charge in [-0.25, -0.2) is 4.68 Å². The van der Waals surface area contributed by atoms with Crippen LogP contribution >= 0.6 is 24.0 Å². The molecule has 3 aromatic rings. The largest absolute Gasteiger partial charge is 0.497 e. The zero-order valence-corrected chi connectivity index (χ0v) is 19.7. The molecule has 1 aliphatic rings. The minimum atomic E-state index is 0. The van der Waals surface area contributed by atoms with Gasteiger partial charge in [0, 0.05) is 45.0 Å². The molecule has 0 saturated carbocycles. The van der Waals surface area contributed by atoms with E-state index >= 15 is 0 Å². The van der Waals surface area contributed by atoms with Crippen LogP contribution in [0, 0.1) is 0 Å². The van der Waals surface area contributed by atoms with Crippen molar-refractivity contribution < 1.29 is 4.74 Å². The van der Waals surface area contributed by atoms with Crippen molar-refractivity contribution in [1.82, 2.24) is 20.0 Å². The average molecular weight is 517 g/mol. The quantitative estimate of drug-likeness (QED) is 0.315. The topological polar surface area (TPSA) is 54.7 Å². The highest BCUT2D eigenvalue weighted by atomic mass is 127. The second-order valence-electron chi connectivity index (χ2n) is 7.23. The van der Waals surface area contributed by atoms with Gasteiger partial charge in [0.25, 0.3) is 0 Å². The molecule has 1 N–H and O–H groups in total. The van der Waals surface area contributed by atoms with E-state index in [-0.39, 0.29) is 24.0 Å². The molecule has 6 nitrogen and oxygen atoms in total. The van der Waals surface area contributed by atoms with Crippen LogP contribution < -0.4 is 10.1 Å². The fourth-order valence-electron chi connectivity index (χ4n) is 3.84. The summed E-state index contributed by atoms with van der Waals surface area (Å²) in [6.07, 6.45) is 4.87. The Balaban J connectivity index is 0.00000256. The van der Waals surface area contributed by atoms with E-state index < -0.39 is 0 Å². The van der Waals surface area contributed by atoms with E-state index in [2.05, 4.69) is 56.7 Å². The fourth-order valence-corrected chi connectivity index (χ4v) is 3.84. The lowest BCUT2D eigenvalue weighted by Crippen LogP contribution is -2.39. The number of likely N-dealkylation sites (tertiary alicyclic amines) is 1. The minimum Gasteiger partial charge on any atom is -0.497 e. The predicted octanol–water partition coefficient (Wildman–Crippen LogP) is 4.06. The molecule has 0 aliphatic carbocycles. The zero-order chi connectivity index (χ0) is 20.1. The molecule has 1 fully saturated rings. The van der Waals surface area contributed by atoms with Crippen molar-refractivity contribution in [2.24, 2.45) is 4.99 Å². The number of benzene rings is 2. The molecule has 2 heterocycles. The smallest absolute Gasteiger partial charge is 0.193 e. The number of guanidine groups is 1. The van der Waals surface area contributed by atoms with Gasteiger partial charge in [0.2, 0.25) is 0 Å². The second kappa shape index (κ2) is 10.5. The van der Waals surface area contributed by atoms with Crippen molar-refractivity contribution >= 4 is 29.9 Å². The highest BCUT2D eigenvalue weighted by Crippen LogP contribution is 2.28. The summed E-state index contributed by atoms with van der Waals surface area (Å²) in [7, 11) is 3.55. The van der Waals surface area contributed by atoms with Gasteiger partial charge in [-0.3, -0.25) is 4.99 Å². The molecule has 2 aromatic carbocycles. The molecule has 4 rings (SSSR count). The highest BCUT2D eigenvalue weighted by Gasteiger charge is 2.26. The maximum Gasteiger partial charge on any atom is 0.193 e. The Kier molecular flexibility index (Phi) is 7.73. The molecule has 0 radical (unpaired) electrons. The van der Waals surface area contributed by atoms with Gasteiger partial charge >= 0.3 is 0 Å². The normalized spacial score (nSPS) is 16.3. The van der Waals surface area contributed by atoms with Crippen LogP contribution in [0.1, 0.15) is 23.5 Å². The van der Waals surface area contributed by atoms with E-state index in [4.69, 9.17) is 4.74 Å². The maximum atomic E-state index is 5.27. The summed E-state index contributed by atoms with van der Waals surface area (Å²) in [5, 5.41) is 7.82. The molecule has 0 bridgehead atoms. The lowest BCUT2D eigenvalue weighted by molar-refractivity contribution is 0.414. The fraction of sp³-hybridized carbons (Fsp3) is 0.304. The number of ether oxygens (including phenoxy) is 1. The molecule has 1 atom stereocenters. The number of halogens is 1. The Hall–Kier alpha value is -2.55. The SMILES string of the molecule is CN=C(NCc1cccc(-n2cccn2)c1)N1CCC(c2ccc(OC)cc2)C1.I. The molecule has 0 spiro atoms. The monoisotopic (exact) mass is 517 g/mol. The van der Waals surface area contributed by atoms with Crippen LogP contribution in [-0.2, 0) is 6.54 Å². The van der Waals surface area contributed by atoms with E-state index in [1.807, 2.05) is 36.1 Å². The van der Waals surface area contributed by atoms with E-state index in [9.17, 15) is 0 Å². The summed E-state index contributed by atoms with van der Waals surface area (Å²) in [4.78, 5) is 6.85. The molecule has 7 heteroatoms. The van der Waals surface area contributed by atoms with Crippen molar-refractivity contribution in [3.05, 3.63) is 78.1 Å². The van der Waals surface area contributed by atoms with Gasteiger partial charge in [-0.1, -0.05) is 24.3 Å². The number of nitrogens with zero attached hydrogens (tertiary/aromatic N) is 4. The molecular formula is C23H28IN5O. The van der Waals surface area contributed by atoms with Crippen LogP contribution in [0.25, 0.3) is 5.69 Å². The molecule has 1 aromatic heterocycles. The Morgan fingerprint density at radius 1 is 1.20 bits per heavy atom. The molecule has 1 aliphatic heterocycles. The van der Waals surface area contributed by atoms with Gasteiger partial charge in [-0.2, -0.15) is 5.10 Å². The van der Waals surface area contributed by atoms with Crippen LogP contribution in [0.4, 0.5) is 0 Å². The van der Waals surface area contributed by atoms with E-state index in [1.54, 1.807) is 13.3 Å². The van der Waals surface area contributed by atoms with Gasteiger partial charge in [0.1, 0.15) is 5.75 Å². The molecule has 158 valence electrons. The van der Waals surface area contributed by atoms with Crippen molar-refractivity contribution in [2.45, 2.75) is 18.9 Å². The Morgan fingerprint density at radius 2 is 2.03 bits per heavy atom. The van der Waals surface area contributed by atoms with Crippen molar-refractivity contribution in [1.29, 1.82) is 0 Å². The highest BCUT2D eigenvalue weighted by molar-refractivity contribution is 14.0. The van der Waals surface area contributed by atoms with Crippen LogP contribution in [0.15, 0.2) is 72.0 Å². The van der Waals surface area contributed by atoms with Crippen LogP contribution in [0.5, 0.6) is 5.75 Å². The summed E-state index contributed by atoms with van der Waals surface area (Å²) in [6, 6.07) is 18.7. The van der Waals surface area contributed by atoms with Crippen molar-refractivity contribution in [3.8, 4) is 11.4 Å². The van der Waals surface area contributed by atoms with Crippen LogP contribution in [-0.4, -0.2) is 47.9 Å². The van der Waals surface area contributed by atoms with Crippen molar-refractivity contribution in [3.63, 3.8) is 0 Å². The lowest BCUT2D eigenvalue weighted by atomic mass is 9.98. The zero-order valence-electron chi connectivity index (χ0n) is 17.4. The molecule has 1 unspecified atom stereocenters. The second-order valence-corrected chi connectivity index (χ2v) is 7.23. The Labute approximate surface area is 195 Å². The molecule has 0 amide bonds. The number of hydrogen-bond donors (Lipinski definition) is 1. The third kappa shape index (κ3) is 5.13. The number of hydrogen-bond acceptors (Lipinski definition) is 3. The summed E-state index contributed by atoms with van der Waals surface area (Å²) < 4.78 is 7.14. The van der Waals surface area contributed by atoms with Gasteiger partial charge in [-0.05, 0) is 47.9 Å². The van der Waals surface area contributed by atoms with Gasteiger partial charge in [0.15, 0.2) is 5.96 Å². The number of rotatable bonds is 5. The first-order valence-corrected chi connectivity index (χ1v) is 9.95. The summed E-state index contributed by atoms with van der Waals surface area (Å²) in [5.41, 5.74) is 3.62. The van der Waals surface area contributed by atoms with E-state index in [1.165, 1.54) is 11.1 Å². The lowest BCUT2D eigenvalue weighted by Gasteiger charge is -2.22. The Bertz CT molecular complexity index is 956. The number of aliphatic imine (C=N–C) groups is 1. The first-order chi connectivity index (χ1) is 14.3. The first kappa shape index (κ1) is 22.1. The first-order valence-electron chi connectivity index (χ1n) is 9.95. The Morgan fingerprint density at radius 3 is 2.73 bits per heavy atom. The van der Waals surface area contributed by atoms with Gasteiger partial charge < -0.3 is 15.0 Å². The minimum absolute atomic E-state index is 0. The van der Waals surface area contributed by atoms with Gasteiger partial charge in [0.05, 0.1) is 12.8 Å². The molecular weight excluding hydrogens is 489 g/mol. The standard InChI is InChI=1S/C23H27N5O.HI/c1-24-23(25-16-18-5-3-6-21(15-18)28-13-4-12-26-28)27-14-11-20(17-27)19-7-9-22(29-2)10-8-19;/h3-10,12-13,15,20H,11,14,16-17H2,1-2H3,(H,24,25);1H. The van der Waals surface area contributed by atoms with E-state index in [0.717, 1.165) is 43.5 Å². The number of nitrogens with one attached hydrogen (secondary N) is 1. The average Bonchev–Trinajstić information content (AvgIpc) is 3.47. The van der Waals surface area contributed by atoms with Crippen LogP contribution in [0.2, 0.25) is 0 Å². The molecule has 1 saturated heterocycles. The third-order valence-corrected chi connectivity index (χ3v) is 5.42. The van der Waals surface area contributed by atoms with Gasteiger partial charge in [-0.15, -0.1) is 24.0 Å². The summed E-state index contributed by atoms with van der Waals surface area (Å²) in [6.45, 7) is 2.70.